The largest absolute Gasteiger partial charge is 0.481 e. The lowest BCUT2D eigenvalue weighted by atomic mass is 9.99. The van der Waals surface area contributed by atoms with Crippen molar-refractivity contribution in [2.75, 3.05) is 7.11 Å². The van der Waals surface area contributed by atoms with Gasteiger partial charge in [-0.2, -0.15) is 0 Å². The summed E-state index contributed by atoms with van der Waals surface area (Å²) in [5.74, 6) is 0.553. The van der Waals surface area contributed by atoms with Crippen LogP contribution in [0.2, 0.25) is 0 Å². The van der Waals surface area contributed by atoms with Crippen LogP contribution in [0.3, 0.4) is 0 Å². The SMILES string of the molecule is COc1cc(-c2nc3c(s2)CCCC3N)ncn1. The van der Waals surface area contributed by atoms with Gasteiger partial charge >= 0.3 is 0 Å². The molecule has 2 aromatic rings. The topological polar surface area (TPSA) is 73.9 Å². The molecule has 0 aliphatic heterocycles. The molecular formula is C12H14N4OS. The van der Waals surface area contributed by atoms with E-state index in [1.165, 1.54) is 11.2 Å². The highest BCUT2D eigenvalue weighted by Gasteiger charge is 2.22. The second-order valence-electron chi connectivity index (χ2n) is 4.27. The Morgan fingerprint density at radius 1 is 1.44 bits per heavy atom. The van der Waals surface area contributed by atoms with E-state index in [1.54, 1.807) is 24.5 Å². The number of nitrogens with two attached hydrogens (primary N) is 1. The van der Waals surface area contributed by atoms with E-state index in [1.807, 2.05) is 0 Å². The Morgan fingerprint density at radius 3 is 3.11 bits per heavy atom. The van der Waals surface area contributed by atoms with Crippen LogP contribution in [0.5, 0.6) is 5.88 Å². The van der Waals surface area contributed by atoms with Crippen molar-refractivity contribution in [3.8, 4) is 16.6 Å². The van der Waals surface area contributed by atoms with Gasteiger partial charge in [-0.15, -0.1) is 11.3 Å². The van der Waals surface area contributed by atoms with E-state index >= 15 is 0 Å². The molecule has 1 aliphatic rings. The predicted molar refractivity (Wildman–Crippen MR) is 69.6 cm³/mol. The van der Waals surface area contributed by atoms with Gasteiger partial charge in [0, 0.05) is 17.0 Å². The van der Waals surface area contributed by atoms with Crippen LogP contribution in [0, 0.1) is 0 Å². The normalized spacial score (nSPS) is 18.4. The van der Waals surface area contributed by atoms with Crippen molar-refractivity contribution in [3.63, 3.8) is 0 Å². The van der Waals surface area contributed by atoms with Crippen molar-refractivity contribution in [2.24, 2.45) is 5.73 Å². The molecule has 0 saturated carbocycles. The maximum Gasteiger partial charge on any atom is 0.216 e. The number of hydrogen-bond donors (Lipinski definition) is 1. The van der Waals surface area contributed by atoms with Gasteiger partial charge in [0.25, 0.3) is 0 Å². The first-order valence-corrected chi connectivity index (χ1v) is 6.71. The van der Waals surface area contributed by atoms with Gasteiger partial charge in [-0.25, -0.2) is 15.0 Å². The summed E-state index contributed by atoms with van der Waals surface area (Å²) in [5.41, 5.74) is 7.92. The van der Waals surface area contributed by atoms with Gasteiger partial charge in [-0.3, -0.25) is 0 Å². The van der Waals surface area contributed by atoms with Gasteiger partial charge in [-0.05, 0) is 19.3 Å². The number of methoxy groups -OCH3 is 1. The number of nitrogens with zero attached hydrogens (tertiary/aromatic N) is 3. The van der Waals surface area contributed by atoms with Crippen LogP contribution in [0.1, 0.15) is 29.5 Å². The van der Waals surface area contributed by atoms with Gasteiger partial charge < -0.3 is 10.5 Å². The molecule has 0 radical (unpaired) electrons. The number of aromatic nitrogens is 3. The fourth-order valence-corrected chi connectivity index (χ4v) is 3.27. The molecule has 0 spiro atoms. The maximum atomic E-state index is 6.08. The van der Waals surface area contributed by atoms with Crippen molar-refractivity contribution in [1.82, 2.24) is 15.0 Å². The standard InChI is InChI=1S/C12H14N4OS/c1-17-10-5-8(14-6-15-10)12-16-11-7(13)3-2-4-9(11)18-12/h5-7H,2-4,13H2,1H3. The van der Waals surface area contributed by atoms with Gasteiger partial charge in [0.05, 0.1) is 12.8 Å². The summed E-state index contributed by atoms with van der Waals surface area (Å²) in [7, 11) is 1.59. The average Bonchev–Trinajstić information content (AvgIpc) is 2.84. The minimum atomic E-state index is 0.0717. The Bertz CT molecular complexity index is 569. The second kappa shape index (κ2) is 4.62. The monoisotopic (exact) mass is 262 g/mol. The Labute approximate surface area is 109 Å². The Kier molecular flexibility index (Phi) is 2.97. The molecule has 2 N–H and O–H groups in total. The smallest absolute Gasteiger partial charge is 0.216 e. The molecule has 0 fully saturated rings. The molecule has 18 heavy (non-hydrogen) atoms. The molecule has 1 atom stereocenters. The molecule has 0 bridgehead atoms. The lowest BCUT2D eigenvalue weighted by Crippen LogP contribution is -2.16. The molecule has 0 amide bonds. The highest BCUT2D eigenvalue weighted by atomic mass is 32.1. The number of thiazole rings is 1. The fourth-order valence-electron chi connectivity index (χ4n) is 2.13. The van der Waals surface area contributed by atoms with Crippen LogP contribution in [-0.2, 0) is 6.42 Å². The first-order valence-electron chi connectivity index (χ1n) is 5.89. The van der Waals surface area contributed by atoms with E-state index in [9.17, 15) is 0 Å². The lowest BCUT2D eigenvalue weighted by molar-refractivity contribution is 0.397. The van der Waals surface area contributed by atoms with E-state index in [0.29, 0.717) is 5.88 Å². The fraction of sp³-hybridized carbons (Fsp3) is 0.417. The second-order valence-corrected chi connectivity index (χ2v) is 5.36. The van der Waals surface area contributed by atoms with Crippen LogP contribution in [0.4, 0.5) is 0 Å². The Balaban J connectivity index is 2.01. The molecule has 2 aromatic heterocycles. The van der Waals surface area contributed by atoms with Crippen LogP contribution in [0.25, 0.3) is 10.7 Å². The van der Waals surface area contributed by atoms with Crippen LogP contribution >= 0.6 is 11.3 Å². The number of aryl methyl sites for hydroxylation is 1. The zero-order valence-electron chi connectivity index (χ0n) is 10.1. The van der Waals surface area contributed by atoms with Crippen LogP contribution in [0.15, 0.2) is 12.4 Å². The molecule has 3 rings (SSSR count). The molecule has 94 valence electrons. The van der Waals surface area contributed by atoms with E-state index in [2.05, 4.69) is 15.0 Å². The van der Waals surface area contributed by atoms with Gasteiger partial charge in [0.1, 0.15) is 17.0 Å². The lowest BCUT2D eigenvalue weighted by Gasteiger charge is -2.15. The van der Waals surface area contributed by atoms with Gasteiger partial charge in [-0.1, -0.05) is 0 Å². The van der Waals surface area contributed by atoms with E-state index < -0.39 is 0 Å². The third-order valence-electron chi connectivity index (χ3n) is 3.07. The Hall–Kier alpha value is -1.53. The number of fused-ring (bicyclic) bond motifs is 1. The third-order valence-corrected chi connectivity index (χ3v) is 4.22. The highest BCUT2D eigenvalue weighted by molar-refractivity contribution is 7.15. The summed E-state index contributed by atoms with van der Waals surface area (Å²) in [4.78, 5) is 14.2. The summed E-state index contributed by atoms with van der Waals surface area (Å²) >= 11 is 1.67. The number of hydrogen-bond acceptors (Lipinski definition) is 6. The summed E-state index contributed by atoms with van der Waals surface area (Å²) < 4.78 is 5.10. The van der Waals surface area contributed by atoms with Crippen LogP contribution < -0.4 is 10.5 Å². The molecule has 1 aliphatic carbocycles. The van der Waals surface area contributed by atoms with E-state index in [-0.39, 0.29) is 6.04 Å². The molecule has 0 aromatic carbocycles. The quantitative estimate of drug-likeness (QED) is 0.895. The zero-order valence-corrected chi connectivity index (χ0v) is 10.9. The predicted octanol–water partition coefficient (Wildman–Crippen LogP) is 1.94. The molecule has 6 heteroatoms. The summed E-state index contributed by atoms with van der Waals surface area (Å²) in [6, 6.07) is 1.87. The number of rotatable bonds is 2. The van der Waals surface area contributed by atoms with Crippen LogP contribution in [-0.4, -0.2) is 22.1 Å². The van der Waals surface area contributed by atoms with E-state index in [0.717, 1.165) is 35.7 Å². The van der Waals surface area contributed by atoms with Crippen molar-refractivity contribution in [3.05, 3.63) is 23.0 Å². The van der Waals surface area contributed by atoms with Gasteiger partial charge in [0.2, 0.25) is 5.88 Å². The Morgan fingerprint density at radius 2 is 2.33 bits per heavy atom. The van der Waals surface area contributed by atoms with Crippen molar-refractivity contribution in [2.45, 2.75) is 25.3 Å². The molecule has 0 saturated heterocycles. The molecular weight excluding hydrogens is 248 g/mol. The molecule has 2 heterocycles. The van der Waals surface area contributed by atoms with Gasteiger partial charge in [0.15, 0.2) is 0 Å². The summed E-state index contributed by atoms with van der Waals surface area (Å²) in [5, 5.41) is 0.901. The summed E-state index contributed by atoms with van der Waals surface area (Å²) in [6.07, 6.45) is 4.73. The zero-order chi connectivity index (χ0) is 12.5. The highest BCUT2D eigenvalue weighted by Crippen LogP contribution is 2.35. The minimum Gasteiger partial charge on any atom is -0.481 e. The third kappa shape index (κ3) is 1.97. The van der Waals surface area contributed by atoms with Crippen molar-refractivity contribution in [1.29, 1.82) is 0 Å². The average molecular weight is 262 g/mol. The van der Waals surface area contributed by atoms with Crippen molar-refractivity contribution < 1.29 is 4.74 Å². The first-order chi connectivity index (χ1) is 8.78. The summed E-state index contributed by atoms with van der Waals surface area (Å²) in [6.45, 7) is 0. The first kappa shape index (κ1) is 11.6. The maximum absolute atomic E-state index is 6.08. The number of ether oxygens (including phenoxy) is 1. The van der Waals surface area contributed by atoms with E-state index in [4.69, 9.17) is 10.5 Å². The van der Waals surface area contributed by atoms with Crippen molar-refractivity contribution >= 4 is 11.3 Å². The molecule has 5 nitrogen and oxygen atoms in total. The minimum absolute atomic E-state index is 0.0717. The molecule has 1 unspecified atom stereocenters.